The average molecular weight is 390 g/mol. The van der Waals surface area contributed by atoms with Crippen LogP contribution in [0.25, 0.3) is 5.69 Å². The fourth-order valence-corrected chi connectivity index (χ4v) is 2.82. The second kappa shape index (κ2) is 7.81. The second-order valence-corrected chi connectivity index (χ2v) is 6.39. The van der Waals surface area contributed by atoms with Crippen LogP contribution in [0.5, 0.6) is 5.75 Å². The molecule has 0 spiro atoms. The van der Waals surface area contributed by atoms with Gasteiger partial charge in [0.25, 0.3) is 5.91 Å². The lowest BCUT2D eigenvalue weighted by Gasteiger charge is -2.07. The van der Waals surface area contributed by atoms with Crippen LogP contribution in [0.2, 0.25) is 10.0 Å². The summed E-state index contributed by atoms with van der Waals surface area (Å²) < 4.78 is 6.89. The largest absolute Gasteiger partial charge is 0.497 e. The van der Waals surface area contributed by atoms with Crippen LogP contribution in [0.1, 0.15) is 23.0 Å². The van der Waals surface area contributed by atoms with Crippen molar-refractivity contribution in [2.24, 2.45) is 0 Å². The molecule has 3 aromatic rings. The molecular weight excluding hydrogens is 373 g/mol. The van der Waals surface area contributed by atoms with E-state index < -0.39 is 0 Å². The van der Waals surface area contributed by atoms with Crippen molar-refractivity contribution in [1.29, 1.82) is 0 Å². The molecule has 26 heavy (non-hydrogen) atoms. The van der Waals surface area contributed by atoms with Crippen molar-refractivity contribution in [1.82, 2.24) is 9.78 Å². The number of amides is 1. The maximum absolute atomic E-state index is 12.5. The lowest BCUT2D eigenvalue weighted by atomic mass is 10.2. The predicted octanol–water partition coefficient (Wildman–Crippen LogP) is 5.00. The zero-order chi connectivity index (χ0) is 18.7. The Kier molecular flexibility index (Phi) is 5.49. The lowest BCUT2D eigenvalue weighted by molar-refractivity contribution is 0.102. The summed E-state index contributed by atoms with van der Waals surface area (Å²) in [5, 5.41) is 8.22. The highest BCUT2D eigenvalue weighted by atomic mass is 35.5. The van der Waals surface area contributed by atoms with E-state index in [0.29, 0.717) is 27.2 Å². The molecule has 1 N–H and O–H groups in total. The van der Waals surface area contributed by atoms with Crippen molar-refractivity contribution in [3.63, 3.8) is 0 Å². The van der Waals surface area contributed by atoms with Crippen LogP contribution in [0, 0.1) is 0 Å². The maximum atomic E-state index is 12.5. The number of rotatable bonds is 5. The van der Waals surface area contributed by atoms with E-state index in [1.54, 1.807) is 48.2 Å². The van der Waals surface area contributed by atoms with Gasteiger partial charge in [0.05, 0.1) is 22.8 Å². The zero-order valence-corrected chi connectivity index (χ0v) is 15.8. The number of ether oxygens (including phenoxy) is 1. The molecule has 0 atom stereocenters. The minimum Gasteiger partial charge on any atom is -0.497 e. The van der Waals surface area contributed by atoms with Gasteiger partial charge in [-0.05, 0) is 42.8 Å². The Labute approximate surface area is 161 Å². The Morgan fingerprint density at radius 1 is 1.15 bits per heavy atom. The standard InChI is InChI=1S/C19H17Cl2N3O2/c1-3-13-11-18(22-19(25)12-5-4-6-15(9-12)26-2)23-24(13)14-7-8-16(20)17(21)10-14/h4-11H,3H2,1-2H3,(H,22,23,25). The highest BCUT2D eigenvalue weighted by molar-refractivity contribution is 6.42. The number of benzene rings is 2. The Balaban J connectivity index is 1.88. The first-order valence-electron chi connectivity index (χ1n) is 8.01. The minimum atomic E-state index is -0.259. The molecule has 0 unspecified atom stereocenters. The monoisotopic (exact) mass is 389 g/mol. The molecule has 1 heterocycles. The van der Waals surface area contributed by atoms with E-state index in [2.05, 4.69) is 10.4 Å². The number of carbonyl (C=O) groups is 1. The van der Waals surface area contributed by atoms with E-state index in [4.69, 9.17) is 27.9 Å². The number of methoxy groups -OCH3 is 1. The van der Waals surface area contributed by atoms with Crippen molar-refractivity contribution >= 4 is 34.9 Å². The summed E-state index contributed by atoms with van der Waals surface area (Å²) >= 11 is 12.1. The molecule has 0 aliphatic heterocycles. The fraction of sp³-hybridized carbons (Fsp3) is 0.158. The van der Waals surface area contributed by atoms with Gasteiger partial charge in [-0.3, -0.25) is 4.79 Å². The summed E-state index contributed by atoms with van der Waals surface area (Å²) in [5.41, 5.74) is 2.20. The quantitative estimate of drug-likeness (QED) is 0.667. The number of aromatic nitrogens is 2. The third-order valence-electron chi connectivity index (χ3n) is 3.87. The SMILES string of the molecule is CCc1cc(NC(=O)c2cccc(OC)c2)nn1-c1ccc(Cl)c(Cl)c1. The summed E-state index contributed by atoms with van der Waals surface area (Å²) in [6, 6.07) is 14.1. The Hall–Kier alpha value is -2.50. The van der Waals surface area contributed by atoms with Crippen LogP contribution in [0.15, 0.2) is 48.5 Å². The third-order valence-corrected chi connectivity index (χ3v) is 4.61. The summed E-state index contributed by atoms with van der Waals surface area (Å²) in [4.78, 5) is 12.5. The van der Waals surface area contributed by atoms with Crippen LogP contribution in [-0.2, 0) is 6.42 Å². The van der Waals surface area contributed by atoms with Crippen LogP contribution in [-0.4, -0.2) is 22.8 Å². The summed E-state index contributed by atoms with van der Waals surface area (Å²) in [6.07, 6.45) is 0.738. The molecular formula is C19H17Cl2N3O2. The molecule has 134 valence electrons. The van der Waals surface area contributed by atoms with Crippen molar-refractivity contribution in [2.75, 3.05) is 12.4 Å². The summed E-state index contributed by atoms with van der Waals surface area (Å²) in [6.45, 7) is 2.01. The molecule has 5 nitrogen and oxygen atoms in total. The van der Waals surface area contributed by atoms with E-state index in [-0.39, 0.29) is 5.91 Å². The molecule has 7 heteroatoms. The molecule has 2 aromatic carbocycles. The van der Waals surface area contributed by atoms with Crippen molar-refractivity contribution in [2.45, 2.75) is 13.3 Å². The predicted molar refractivity (Wildman–Crippen MR) is 104 cm³/mol. The number of aryl methyl sites for hydroxylation is 1. The van der Waals surface area contributed by atoms with Crippen LogP contribution in [0.3, 0.4) is 0 Å². The normalized spacial score (nSPS) is 10.6. The Morgan fingerprint density at radius 3 is 2.65 bits per heavy atom. The number of anilines is 1. The molecule has 0 fully saturated rings. The molecule has 0 saturated carbocycles. The van der Waals surface area contributed by atoms with Gasteiger partial charge in [0, 0.05) is 17.3 Å². The maximum Gasteiger partial charge on any atom is 0.256 e. The van der Waals surface area contributed by atoms with E-state index in [1.165, 1.54) is 0 Å². The van der Waals surface area contributed by atoms with Crippen LogP contribution in [0.4, 0.5) is 5.82 Å². The lowest BCUT2D eigenvalue weighted by Crippen LogP contribution is -2.12. The number of nitrogens with zero attached hydrogens (tertiary/aromatic N) is 2. The first-order valence-corrected chi connectivity index (χ1v) is 8.77. The molecule has 1 aromatic heterocycles. The minimum absolute atomic E-state index is 0.259. The highest BCUT2D eigenvalue weighted by Crippen LogP contribution is 2.26. The topological polar surface area (TPSA) is 56.1 Å². The van der Waals surface area contributed by atoms with Gasteiger partial charge < -0.3 is 10.1 Å². The van der Waals surface area contributed by atoms with Gasteiger partial charge >= 0.3 is 0 Å². The van der Waals surface area contributed by atoms with Gasteiger partial charge in [0.15, 0.2) is 5.82 Å². The second-order valence-electron chi connectivity index (χ2n) is 5.57. The van der Waals surface area contributed by atoms with Gasteiger partial charge in [-0.2, -0.15) is 0 Å². The van der Waals surface area contributed by atoms with Crippen molar-refractivity contribution < 1.29 is 9.53 Å². The molecule has 0 radical (unpaired) electrons. The van der Waals surface area contributed by atoms with E-state index in [9.17, 15) is 4.79 Å². The Morgan fingerprint density at radius 2 is 1.96 bits per heavy atom. The van der Waals surface area contributed by atoms with Gasteiger partial charge in [0.2, 0.25) is 0 Å². The van der Waals surface area contributed by atoms with Crippen molar-refractivity contribution in [3.8, 4) is 11.4 Å². The number of halogens is 2. The molecule has 1 amide bonds. The van der Waals surface area contributed by atoms with Crippen molar-refractivity contribution in [3.05, 3.63) is 69.8 Å². The Bertz CT molecular complexity index is 954. The van der Waals surface area contributed by atoms with E-state index in [0.717, 1.165) is 17.8 Å². The number of hydrogen-bond donors (Lipinski definition) is 1. The van der Waals surface area contributed by atoms with Gasteiger partial charge in [-0.1, -0.05) is 36.2 Å². The van der Waals surface area contributed by atoms with Gasteiger partial charge in [0.1, 0.15) is 5.75 Å². The van der Waals surface area contributed by atoms with Gasteiger partial charge in [-0.25, -0.2) is 4.68 Å². The van der Waals surface area contributed by atoms with E-state index in [1.807, 2.05) is 19.1 Å². The average Bonchev–Trinajstić information content (AvgIpc) is 3.06. The third kappa shape index (κ3) is 3.84. The number of hydrogen-bond acceptors (Lipinski definition) is 3. The zero-order valence-electron chi connectivity index (χ0n) is 14.3. The number of nitrogens with one attached hydrogen (secondary N) is 1. The van der Waals surface area contributed by atoms with Crippen LogP contribution >= 0.6 is 23.2 Å². The highest BCUT2D eigenvalue weighted by Gasteiger charge is 2.13. The molecule has 0 saturated heterocycles. The van der Waals surface area contributed by atoms with Crippen LogP contribution < -0.4 is 10.1 Å². The summed E-state index contributed by atoms with van der Waals surface area (Å²) in [5.74, 6) is 0.819. The molecule has 0 bridgehead atoms. The first-order chi connectivity index (χ1) is 12.5. The summed E-state index contributed by atoms with van der Waals surface area (Å²) in [7, 11) is 1.56. The molecule has 0 aliphatic rings. The molecule has 0 aliphatic carbocycles. The smallest absolute Gasteiger partial charge is 0.256 e. The fourth-order valence-electron chi connectivity index (χ4n) is 2.53. The molecule has 3 rings (SSSR count). The first kappa shape index (κ1) is 18.3. The van der Waals surface area contributed by atoms with Gasteiger partial charge in [-0.15, -0.1) is 5.10 Å². The number of carbonyl (C=O) groups excluding carboxylic acids is 1. The van der Waals surface area contributed by atoms with E-state index >= 15 is 0 Å².